The van der Waals surface area contributed by atoms with Gasteiger partial charge in [-0.2, -0.15) is 5.26 Å². The van der Waals surface area contributed by atoms with Gasteiger partial charge in [-0.25, -0.2) is 4.98 Å². The zero-order valence-electron chi connectivity index (χ0n) is 15.3. The summed E-state index contributed by atoms with van der Waals surface area (Å²) < 4.78 is 16.3. The Bertz CT molecular complexity index is 730. The molecule has 0 saturated carbocycles. The highest BCUT2D eigenvalue weighted by atomic mass is 16.5. The van der Waals surface area contributed by atoms with E-state index < -0.39 is 0 Å². The van der Waals surface area contributed by atoms with Gasteiger partial charge in [0, 0.05) is 12.5 Å². The van der Waals surface area contributed by atoms with Crippen LogP contribution in [0, 0.1) is 11.3 Å². The van der Waals surface area contributed by atoms with Crippen molar-refractivity contribution < 1.29 is 13.9 Å². The van der Waals surface area contributed by atoms with Gasteiger partial charge in [0.2, 0.25) is 17.5 Å². The fourth-order valence-corrected chi connectivity index (χ4v) is 2.70. The molecule has 1 heterocycles. The first-order valence-electron chi connectivity index (χ1n) is 8.52. The van der Waals surface area contributed by atoms with E-state index in [0.29, 0.717) is 35.5 Å². The molecule has 0 unspecified atom stereocenters. The third-order valence-electron chi connectivity index (χ3n) is 4.23. The third kappa shape index (κ3) is 4.44. The lowest BCUT2D eigenvalue weighted by atomic mass is 10.0. The Balaban J connectivity index is 2.03. The topological polar surface area (TPSA) is 80.3 Å². The standard InChI is InChI=1S/C19H25N3O3/c1-5-14(6-2)18-22-15(12-20)19(25-18)21-10-9-13-7-8-16(23-3)17(11-13)24-4/h7-8,11,14,21H,5-6,9-10H2,1-4H3. The van der Waals surface area contributed by atoms with Gasteiger partial charge in [0.25, 0.3) is 0 Å². The molecule has 0 radical (unpaired) electrons. The van der Waals surface area contributed by atoms with Gasteiger partial charge in [-0.15, -0.1) is 0 Å². The van der Waals surface area contributed by atoms with Crippen LogP contribution in [0.25, 0.3) is 0 Å². The van der Waals surface area contributed by atoms with Crippen LogP contribution in [-0.4, -0.2) is 25.7 Å². The van der Waals surface area contributed by atoms with Crippen LogP contribution in [0.5, 0.6) is 11.5 Å². The number of rotatable bonds is 9. The molecule has 0 aliphatic carbocycles. The Labute approximate surface area is 148 Å². The largest absolute Gasteiger partial charge is 0.493 e. The van der Waals surface area contributed by atoms with Crippen molar-refractivity contribution in [2.75, 3.05) is 26.1 Å². The molecule has 6 nitrogen and oxygen atoms in total. The molecule has 0 aliphatic rings. The fourth-order valence-electron chi connectivity index (χ4n) is 2.70. The van der Waals surface area contributed by atoms with Gasteiger partial charge in [0.1, 0.15) is 6.07 Å². The summed E-state index contributed by atoms with van der Waals surface area (Å²) in [5, 5.41) is 12.4. The summed E-state index contributed by atoms with van der Waals surface area (Å²) in [6.45, 7) is 4.81. The molecule has 0 aliphatic heterocycles. The number of oxazole rings is 1. The van der Waals surface area contributed by atoms with Gasteiger partial charge < -0.3 is 19.2 Å². The third-order valence-corrected chi connectivity index (χ3v) is 4.23. The van der Waals surface area contributed by atoms with Crippen LogP contribution in [0.4, 0.5) is 5.88 Å². The van der Waals surface area contributed by atoms with Crippen molar-refractivity contribution >= 4 is 5.88 Å². The van der Waals surface area contributed by atoms with Gasteiger partial charge in [-0.3, -0.25) is 0 Å². The Morgan fingerprint density at radius 1 is 1.20 bits per heavy atom. The minimum absolute atomic E-state index is 0.244. The fraction of sp³-hybridized carbons (Fsp3) is 0.474. The van der Waals surface area contributed by atoms with Gasteiger partial charge in [-0.1, -0.05) is 19.9 Å². The van der Waals surface area contributed by atoms with Gasteiger partial charge in [-0.05, 0) is 37.0 Å². The summed E-state index contributed by atoms with van der Waals surface area (Å²) in [5.41, 5.74) is 1.41. The highest BCUT2D eigenvalue weighted by Crippen LogP contribution is 2.29. The van der Waals surface area contributed by atoms with Crippen LogP contribution < -0.4 is 14.8 Å². The summed E-state index contributed by atoms with van der Waals surface area (Å²) in [6, 6.07) is 7.92. The molecule has 0 spiro atoms. The molecule has 25 heavy (non-hydrogen) atoms. The molecular weight excluding hydrogens is 318 g/mol. The van der Waals surface area contributed by atoms with Crippen LogP contribution >= 0.6 is 0 Å². The molecule has 1 N–H and O–H groups in total. The van der Waals surface area contributed by atoms with Crippen molar-refractivity contribution in [3.63, 3.8) is 0 Å². The molecule has 0 amide bonds. The first kappa shape index (κ1) is 18.7. The summed E-state index contributed by atoms with van der Waals surface area (Å²) in [5.74, 6) is 2.73. The second-order valence-corrected chi connectivity index (χ2v) is 5.72. The Morgan fingerprint density at radius 3 is 2.52 bits per heavy atom. The number of nitriles is 1. The number of aromatic nitrogens is 1. The quantitative estimate of drug-likeness (QED) is 0.737. The van der Waals surface area contributed by atoms with Crippen LogP contribution in [0.15, 0.2) is 22.6 Å². The molecule has 6 heteroatoms. The Hall–Kier alpha value is -2.68. The lowest BCUT2D eigenvalue weighted by Crippen LogP contribution is -2.05. The molecule has 0 bridgehead atoms. The van der Waals surface area contributed by atoms with Crippen molar-refractivity contribution in [1.29, 1.82) is 5.26 Å². The Morgan fingerprint density at radius 2 is 1.92 bits per heavy atom. The smallest absolute Gasteiger partial charge is 0.232 e. The van der Waals surface area contributed by atoms with Crippen molar-refractivity contribution in [1.82, 2.24) is 4.98 Å². The number of nitrogens with zero attached hydrogens (tertiary/aromatic N) is 2. The van der Waals surface area contributed by atoms with Gasteiger partial charge in [0.05, 0.1) is 14.2 Å². The first-order chi connectivity index (χ1) is 12.2. The van der Waals surface area contributed by atoms with Gasteiger partial charge in [0.15, 0.2) is 11.5 Å². The summed E-state index contributed by atoms with van der Waals surface area (Å²) >= 11 is 0. The lowest BCUT2D eigenvalue weighted by Gasteiger charge is -2.10. The molecule has 134 valence electrons. The minimum Gasteiger partial charge on any atom is -0.493 e. The molecule has 2 aromatic rings. The molecule has 0 saturated heterocycles. The van der Waals surface area contributed by atoms with Crippen molar-refractivity contribution in [2.24, 2.45) is 0 Å². The van der Waals surface area contributed by atoms with Crippen LogP contribution in [-0.2, 0) is 6.42 Å². The number of benzene rings is 1. The van der Waals surface area contributed by atoms with E-state index in [4.69, 9.17) is 13.9 Å². The maximum atomic E-state index is 9.26. The zero-order valence-corrected chi connectivity index (χ0v) is 15.3. The molecule has 1 aromatic carbocycles. The molecule has 1 aromatic heterocycles. The van der Waals surface area contributed by atoms with E-state index in [0.717, 1.165) is 24.8 Å². The number of hydrogen-bond acceptors (Lipinski definition) is 6. The predicted molar refractivity (Wildman–Crippen MR) is 96.3 cm³/mol. The van der Waals surface area contributed by atoms with Crippen molar-refractivity contribution in [2.45, 2.75) is 39.0 Å². The van der Waals surface area contributed by atoms with Gasteiger partial charge >= 0.3 is 0 Å². The minimum atomic E-state index is 0.244. The molecule has 0 fully saturated rings. The first-order valence-corrected chi connectivity index (χ1v) is 8.52. The van der Waals surface area contributed by atoms with Crippen LogP contribution in [0.2, 0.25) is 0 Å². The summed E-state index contributed by atoms with van der Waals surface area (Å²) in [6.07, 6.45) is 2.63. The highest BCUT2D eigenvalue weighted by Gasteiger charge is 2.18. The SMILES string of the molecule is CCC(CC)c1nc(C#N)c(NCCc2ccc(OC)c(OC)c2)o1. The summed E-state index contributed by atoms with van der Waals surface area (Å²) in [4.78, 5) is 4.32. The highest BCUT2D eigenvalue weighted by molar-refractivity contribution is 5.46. The number of ether oxygens (including phenoxy) is 2. The van der Waals surface area contributed by atoms with Crippen LogP contribution in [0.1, 0.15) is 49.8 Å². The van der Waals surface area contributed by atoms with E-state index >= 15 is 0 Å². The van der Waals surface area contributed by atoms with E-state index in [2.05, 4.69) is 30.2 Å². The molecular formula is C19H25N3O3. The lowest BCUT2D eigenvalue weighted by molar-refractivity contribution is 0.354. The second-order valence-electron chi connectivity index (χ2n) is 5.72. The monoisotopic (exact) mass is 343 g/mol. The normalized spacial score (nSPS) is 10.6. The maximum Gasteiger partial charge on any atom is 0.232 e. The van der Waals surface area contributed by atoms with E-state index in [1.165, 1.54) is 0 Å². The van der Waals surface area contributed by atoms with E-state index in [9.17, 15) is 5.26 Å². The average Bonchev–Trinajstić information content (AvgIpc) is 3.05. The molecule has 2 rings (SSSR count). The number of hydrogen-bond donors (Lipinski definition) is 1. The predicted octanol–water partition coefficient (Wildman–Crippen LogP) is 4.12. The zero-order chi connectivity index (χ0) is 18.2. The van der Waals surface area contributed by atoms with E-state index in [-0.39, 0.29) is 5.92 Å². The van der Waals surface area contributed by atoms with Crippen molar-refractivity contribution in [3.8, 4) is 17.6 Å². The number of methoxy groups -OCH3 is 2. The Kier molecular flexibility index (Phi) is 6.70. The second kappa shape index (κ2) is 8.97. The van der Waals surface area contributed by atoms with Crippen molar-refractivity contribution in [3.05, 3.63) is 35.3 Å². The molecule has 0 atom stereocenters. The van der Waals surface area contributed by atoms with Crippen LogP contribution in [0.3, 0.4) is 0 Å². The maximum absolute atomic E-state index is 9.26. The number of nitrogens with one attached hydrogen (secondary N) is 1. The summed E-state index contributed by atoms with van der Waals surface area (Å²) in [7, 11) is 3.23. The average molecular weight is 343 g/mol. The van der Waals surface area contributed by atoms with E-state index in [1.807, 2.05) is 18.2 Å². The van der Waals surface area contributed by atoms with E-state index in [1.54, 1.807) is 14.2 Å². The number of anilines is 1.